The smallest absolute Gasteiger partial charge is 0.865 e. The summed E-state index contributed by atoms with van der Waals surface area (Å²) in [6, 6.07) is 0. The Hall–Kier alpha value is -0.0903. The first kappa shape index (κ1) is 20.3. The van der Waals surface area contributed by atoms with Gasteiger partial charge in [-0.05, 0) is 0 Å². The average molecular weight is 250 g/mol. The number of rotatable bonds is 2. The first-order chi connectivity index (χ1) is 5.57. The van der Waals surface area contributed by atoms with E-state index in [-0.39, 0.29) is 48.7 Å². The van der Waals surface area contributed by atoms with Crippen LogP contribution in [-0.4, -0.2) is 83.7 Å². The Balaban J connectivity index is -0.000000480. The number of cyclic esters (lactones) is 1. The zero-order valence-corrected chi connectivity index (χ0v) is 9.80. The van der Waals surface area contributed by atoms with Gasteiger partial charge in [-0.2, -0.15) is 0 Å². The van der Waals surface area contributed by atoms with Gasteiger partial charge in [0.15, 0.2) is 0 Å². The van der Waals surface area contributed by atoms with Crippen LogP contribution in [0.2, 0.25) is 0 Å². The SMILES string of the molecule is O.O.O=C1O[C@H]([C@@H]([O-])CO)C(O)=C1[O-].[Ca+2]. The molecule has 0 radical (unpaired) electrons. The van der Waals surface area contributed by atoms with Gasteiger partial charge >= 0.3 is 43.7 Å². The third-order valence-electron chi connectivity index (χ3n) is 1.44. The van der Waals surface area contributed by atoms with E-state index in [2.05, 4.69) is 4.74 Å². The van der Waals surface area contributed by atoms with Crippen LogP contribution in [0.25, 0.3) is 0 Å². The standard InChI is InChI=1S/C6H7O6.Ca.2H2O/c7-1-2(8)5-3(9)4(10)6(11)12-5;;;/h2,5,7,9-10H,1H2;;2*1H2/q-1;+2;;/p-1/t2-,5+;;;/m0.../s1. The zero-order chi connectivity index (χ0) is 9.30. The quantitative estimate of drug-likeness (QED) is 0.365. The van der Waals surface area contributed by atoms with Gasteiger partial charge in [0, 0.05) is 12.4 Å². The predicted octanol–water partition coefficient (Wildman–Crippen LogP) is -5.27. The van der Waals surface area contributed by atoms with Crippen LogP contribution in [0.15, 0.2) is 11.5 Å². The molecular formula is C6H10CaO8. The molecule has 84 valence electrons. The van der Waals surface area contributed by atoms with E-state index in [4.69, 9.17) is 10.2 Å². The van der Waals surface area contributed by atoms with Gasteiger partial charge in [-0.15, -0.1) is 0 Å². The van der Waals surface area contributed by atoms with Crippen molar-refractivity contribution in [3.8, 4) is 0 Å². The second-order valence-electron chi connectivity index (χ2n) is 2.26. The molecule has 1 aliphatic heterocycles. The molecule has 2 atom stereocenters. The topological polar surface area (TPSA) is 176 Å². The average Bonchev–Trinajstić information content (AvgIpc) is 2.32. The second kappa shape index (κ2) is 8.11. The Bertz CT molecular complexity index is 239. The summed E-state index contributed by atoms with van der Waals surface area (Å²) >= 11 is 0. The molecule has 0 aromatic rings. The number of hydrogen-bond acceptors (Lipinski definition) is 6. The van der Waals surface area contributed by atoms with Gasteiger partial charge in [-0.1, -0.05) is 6.10 Å². The van der Waals surface area contributed by atoms with Crippen molar-refractivity contribution in [3.05, 3.63) is 11.5 Å². The number of aliphatic hydroxyl groups is 2. The van der Waals surface area contributed by atoms with E-state index in [0.717, 1.165) is 0 Å². The minimum absolute atomic E-state index is 0. The fourth-order valence-electron chi connectivity index (χ4n) is 0.806. The van der Waals surface area contributed by atoms with Crippen LogP contribution in [0.5, 0.6) is 0 Å². The van der Waals surface area contributed by atoms with Gasteiger partial charge in [0.1, 0.15) is 11.9 Å². The largest absolute Gasteiger partial charge is 2.00 e. The van der Waals surface area contributed by atoms with Crippen LogP contribution < -0.4 is 10.2 Å². The van der Waals surface area contributed by atoms with Crippen molar-refractivity contribution in [2.24, 2.45) is 0 Å². The van der Waals surface area contributed by atoms with Crippen molar-refractivity contribution in [2.75, 3.05) is 6.61 Å². The van der Waals surface area contributed by atoms with Crippen LogP contribution in [0, 0.1) is 0 Å². The molecule has 0 aromatic heterocycles. The van der Waals surface area contributed by atoms with Crippen molar-refractivity contribution in [1.29, 1.82) is 0 Å². The molecule has 0 aromatic carbocycles. The van der Waals surface area contributed by atoms with Crippen molar-refractivity contribution >= 4 is 43.7 Å². The van der Waals surface area contributed by atoms with Crippen LogP contribution in [0.1, 0.15) is 0 Å². The van der Waals surface area contributed by atoms with Crippen LogP contribution >= 0.6 is 0 Å². The summed E-state index contributed by atoms with van der Waals surface area (Å²) in [6.45, 7) is -0.810. The molecule has 15 heavy (non-hydrogen) atoms. The molecule has 6 N–H and O–H groups in total. The number of esters is 1. The van der Waals surface area contributed by atoms with E-state index < -0.39 is 36.3 Å². The van der Waals surface area contributed by atoms with Crippen molar-refractivity contribution in [1.82, 2.24) is 0 Å². The van der Waals surface area contributed by atoms with Crippen molar-refractivity contribution in [2.45, 2.75) is 12.2 Å². The maximum absolute atomic E-state index is 10.7. The number of aliphatic hydroxyl groups excluding tert-OH is 2. The van der Waals surface area contributed by atoms with Gasteiger partial charge in [-0.25, -0.2) is 4.79 Å². The molecular weight excluding hydrogens is 240 g/mol. The van der Waals surface area contributed by atoms with E-state index in [9.17, 15) is 15.0 Å². The molecule has 1 rings (SSSR count). The second-order valence-corrected chi connectivity index (χ2v) is 2.26. The van der Waals surface area contributed by atoms with Gasteiger partial charge < -0.3 is 36.1 Å². The Kier molecular flexibility index (Phi) is 11.0. The predicted molar refractivity (Wildman–Crippen MR) is 43.4 cm³/mol. The molecule has 0 unspecified atom stereocenters. The summed E-state index contributed by atoms with van der Waals surface area (Å²) < 4.78 is 4.19. The summed E-state index contributed by atoms with van der Waals surface area (Å²) in [5, 5.41) is 38.5. The summed E-state index contributed by atoms with van der Waals surface area (Å²) in [7, 11) is 0. The maximum atomic E-state index is 10.7. The summed E-state index contributed by atoms with van der Waals surface area (Å²) in [5.41, 5.74) is 0. The number of ether oxygens (including phenoxy) is 1. The number of hydrogen-bond donors (Lipinski definition) is 2. The van der Waals surface area contributed by atoms with Gasteiger partial charge in [0.2, 0.25) is 0 Å². The maximum Gasteiger partial charge on any atom is 2.00 e. The Labute approximate surface area is 114 Å². The zero-order valence-electron chi connectivity index (χ0n) is 7.60. The Morgan fingerprint density at radius 3 is 2.20 bits per heavy atom. The fraction of sp³-hybridized carbons (Fsp3) is 0.500. The van der Waals surface area contributed by atoms with Gasteiger partial charge in [-0.3, -0.25) is 0 Å². The van der Waals surface area contributed by atoms with E-state index in [1.54, 1.807) is 0 Å². The van der Waals surface area contributed by atoms with Crippen molar-refractivity contribution in [3.63, 3.8) is 0 Å². The fourth-order valence-corrected chi connectivity index (χ4v) is 0.806. The van der Waals surface area contributed by atoms with E-state index in [0.29, 0.717) is 0 Å². The van der Waals surface area contributed by atoms with Gasteiger partial charge in [0.25, 0.3) is 0 Å². The van der Waals surface area contributed by atoms with Crippen LogP contribution in [0.4, 0.5) is 0 Å². The third kappa shape index (κ3) is 4.11. The third-order valence-corrected chi connectivity index (χ3v) is 1.44. The minimum Gasteiger partial charge on any atom is -0.865 e. The molecule has 1 aliphatic rings. The Morgan fingerprint density at radius 1 is 1.47 bits per heavy atom. The molecule has 0 aliphatic carbocycles. The van der Waals surface area contributed by atoms with E-state index in [1.165, 1.54) is 0 Å². The normalized spacial score (nSPS) is 20.7. The molecule has 0 saturated carbocycles. The van der Waals surface area contributed by atoms with Gasteiger partial charge in [0.05, 0.1) is 0 Å². The monoisotopic (exact) mass is 250 g/mol. The first-order valence-electron chi connectivity index (χ1n) is 3.15. The molecule has 1 heterocycles. The molecule has 0 saturated heterocycles. The molecule has 0 amide bonds. The van der Waals surface area contributed by atoms with Crippen LogP contribution in [-0.2, 0) is 9.53 Å². The summed E-state index contributed by atoms with van der Waals surface area (Å²) in [6.07, 6.45) is -3.24. The molecule has 8 nitrogen and oxygen atoms in total. The van der Waals surface area contributed by atoms with E-state index in [1.807, 2.05) is 0 Å². The summed E-state index contributed by atoms with van der Waals surface area (Å²) in [4.78, 5) is 10.4. The first-order valence-corrected chi connectivity index (χ1v) is 3.15. The molecule has 0 fully saturated rings. The summed E-state index contributed by atoms with van der Waals surface area (Å²) in [5.74, 6) is -3.39. The van der Waals surface area contributed by atoms with Crippen molar-refractivity contribution < 1.29 is 40.9 Å². The minimum atomic E-state index is -1.71. The number of carbonyl (C=O) groups is 1. The van der Waals surface area contributed by atoms with Crippen LogP contribution in [0.3, 0.4) is 0 Å². The molecule has 0 bridgehead atoms. The molecule has 9 heteroatoms. The van der Waals surface area contributed by atoms with E-state index >= 15 is 0 Å². The number of carbonyl (C=O) groups excluding carboxylic acids is 1. The Morgan fingerprint density at radius 2 is 1.93 bits per heavy atom. The molecule has 0 spiro atoms.